The number of benzene rings is 1. The minimum atomic E-state index is -1.21. The van der Waals surface area contributed by atoms with Crippen LogP contribution >= 0.6 is 11.3 Å². The van der Waals surface area contributed by atoms with Crippen LogP contribution in [0.25, 0.3) is 0 Å². The van der Waals surface area contributed by atoms with Crippen molar-refractivity contribution in [3.8, 4) is 5.75 Å². The van der Waals surface area contributed by atoms with Crippen molar-refractivity contribution in [3.63, 3.8) is 0 Å². The number of nitrogens with zero attached hydrogens (tertiary/aromatic N) is 1. The molecule has 1 aromatic heterocycles. The summed E-state index contributed by atoms with van der Waals surface area (Å²) in [6.45, 7) is 0.213. The lowest BCUT2D eigenvalue weighted by Crippen LogP contribution is -2.01. The van der Waals surface area contributed by atoms with Crippen molar-refractivity contribution in [3.05, 3.63) is 56.3 Å². The Morgan fingerprint density at radius 1 is 1.42 bits per heavy atom. The smallest absolute Gasteiger partial charge is 0.335 e. The number of aromatic carboxylic acids is 1. The van der Waals surface area contributed by atoms with Gasteiger partial charge in [0.05, 0.1) is 10.5 Å². The lowest BCUT2D eigenvalue weighted by atomic mass is 10.2. The van der Waals surface area contributed by atoms with E-state index in [1.54, 1.807) is 0 Å². The van der Waals surface area contributed by atoms with E-state index in [0.717, 1.165) is 10.9 Å². The number of nitro benzene ring substituents is 1. The number of carbonyl (C=O) groups is 1. The monoisotopic (exact) mass is 279 g/mol. The zero-order chi connectivity index (χ0) is 13.8. The Morgan fingerprint density at radius 3 is 2.79 bits per heavy atom. The molecule has 0 aliphatic carbocycles. The molecule has 0 unspecified atom stereocenters. The molecular formula is C12H9NO5S. The minimum absolute atomic E-state index is 0.0587. The molecule has 1 N–H and O–H groups in total. The van der Waals surface area contributed by atoms with E-state index in [1.165, 1.54) is 23.5 Å². The highest BCUT2D eigenvalue weighted by molar-refractivity contribution is 7.09. The highest BCUT2D eigenvalue weighted by atomic mass is 32.1. The number of rotatable bonds is 5. The second kappa shape index (κ2) is 5.49. The van der Waals surface area contributed by atoms with Gasteiger partial charge in [0.1, 0.15) is 6.61 Å². The molecule has 2 rings (SSSR count). The Kier molecular flexibility index (Phi) is 3.76. The fourth-order valence-corrected chi connectivity index (χ4v) is 2.07. The topological polar surface area (TPSA) is 89.7 Å². The maximum absolute atomic E-state index is 10.9. The molecule has 2 aromatic rings. The third kappa shape index (κ3) is 3.08. The van der Waals surface area contributed by atoms with Gasteiger partial charge in [-0.05, 0) is 23.6 Å². The van der Waals surface area contributed by atoms with E-state index in [1.807, 2.05) is 17.5 Å². The molecule has 0 radical (unpaired) electrons. The average molecular weight is 279 g/mol. The Hall–Kier alpha value is -2.41. The molecular weight excluding hydrogens is 270 g/mol. The normalized spacial score (nSPS) is 10.1. The van der Waals surface area contributed by atoms with Crippen LogP contribution < -0.4 is 4.74 Å². The lowest BCUT2D eigenvalue weighted by Gasteiger charge is -2.06. The maximum atomic E-state index is 10.9. The molecule has 98 valence electrons. The summed E-state index contributed by atoms with van der Waals surface area (Å²) in [5, 5.41) is 21.6. The van der Waals surface area contributed by atoms with Crippen molar-refractivity contribution in [2.24, 2.45) is 0 Å². The van der Waals surface area contributed by atoms with E-state index in [9.17, 15) is 14.9 Å². The van der Waals surface area contributed by atoms with E-state index in [0.29, 0.717) is 0 Å². The molecule has 0 saturated carbocycles. The lowest BCUT2D eigenvalue weighted by molar-refractivity contribution is -0.386. The summed E-state index contributed by atoms with van der Waals surface area (Å²) in [5.74, 6) is -1.16. The van der Waals surface area contributed by atoms with Crippen LogP contribution in [0.3, 0.4) is 0 Å². The molecule has 0 aliphatic heterocycles. The third-order valence-electron chi connectivity index (χ3n) is 2.35. The zero-order valence-electron chi connectivity index (χ0n) is 9.61. The number of nitro groups is 1. The first-order valence-electron chi connectivity index (χ1n) is 5.25. The van der Waals surface area contributed by atoms with Gasteiger partial charge in [-0.2, -0.15) is 0 Å². The van der Waals surface area contributed by atoms with Gasteiger partial charge < -0.3 is 9.84 Å². The highest BCUT2D eigenvalue weighted by Gasteiger charge is 2.18. The van der Waals surface area contributed by atoms with Crippen molar-refractivity contribution >= 4 is 23.0 Å². The first-order chi connectivity index (χ1) is 9.08. The van der Waals surface area contributed by atoms with Crippen LogP contribution in [0.15, 0.2) is 35.7 Å². The molecule has 6 nitrogen and oxygen atoms in total. The summed E-state index contributed by atoms with van der Waals surface area (Å²) in [4.78, 5) is 21.9. The molecule has 0 fully saturated rings. The van der Waals surface area contributed by atoms with Gasteiger partial charge in [-0.15, -0.1) is 11.3 Å². The molecule has 0 saturated heterocycles. The maximum Gasteiger partial charge on any atom is 0.335 e. The Balaban J connectivity index is 2.24. The van der Waals surface area contributed by atoms with Gasteiger partial charge in [-0.25, -0.2) is 4.79 Å². The van der Waals surface area contributed by atoms with Gasteiger partial charge in [0.25, 0.3) is 0 Å². The molecule has 19 heavy (non-hydrogen) atoms. The zero-order valence-corrected chi connectivity index (χ0v) is 10.4. The summed E-state index contributed by atoms with van der Waals surface area (Å²) < 4.78 is 5.35. The minimum Gasteiger partial charge on any atom is -0.481 e. The molecule has 1 heterocycles. The Morgan fingerprint density at radius 2 is 2.21 bits per heavy atom. The standard InChI is InChI=1S/C12H9NO5S/c14-12(15)8-3-4-11(10(6-8)13(16)17)18-7-9-2-1-5-19-9/h1-6H,7H2,(H,14,15). The van der Waals surface area contributed by atoms with Crippen molar-refractivity contribution in [1.29, 1.82) is 0 Å². The molecule has 0 bridgehead atoms. The van der Waals surface area contributed by atoms with E-state index in [2.05, 4.69) is 0 Å². The second-order valence-electron chi connectivity index (χ2n) is 3.61. The van der Waals surface area contributed by atoms with Crippen LogP contribution in [0.4, 0.5) is 5.69 Å². The van der Waals surface area contributed by atoms with Crippen molar-refractivity contribution in [1.82, 2.24) is 0 Å². The number of thiophene rings is 1. The Labute approximate surface area is 112 Å². The van der Waals surface area contributed by atoms with E-state index >= 15 is 0 Å². The quantitative estimate of drug-likeness (QED) is 0.671. The molecule has 7 heteroatoms. The number of hydrogen-bond acceptors (Lipinski definition) is 5. The van der Waals surface area contributed by atoms with Gasteiger partial charge in [0.15, 0.2) is 5.75 Å². The Bertz CT molecular complexity index is 609. The van der Waals surface area contributed by atoms with E-state index in [-0.39, 0.29) is 23.6 Å². The first-order valence-corrected chi connectivity index (χ1v) is 6.13. The van der Waals surface area contributed by atoms with Crippen LogP contribution in [0.2, 0.25) is 0 Å². The highest BCUT2D eigenvalue weighted by Crippen LogP contribution is 2.29. The van der Waals surface area contributed by atoms with Gasteiger partial charge >= 0.3 is 11.7 Å². The summed E-state index contributed by atoms with van der Waals surface area (Å²) in [6.07, 6.45) is 0. The summed E-state index contributed by atoms with van der Waals surface area (Å²) >= 11 is 1.48. The summed E-state index contributed by atoms with van der Waals surface area (Å²) in [7, 11) is 0. The largest absolute Gasteiger partial charge is 0.481 e. The predicted octanol–water partition coefficient (Wildman–Crippen LogP) is 2.93. The predicted molar refractivity (Wildman–Crippen MR) is 68.7 cm³/mol. The van der Waals surface area contributed by atoms with E-state index in [4.69, 9.17) is 9.84 Å². The second-order valence-corrected chi connectivity index (χ2v) is 4.65. The van der Waals surface area contributed by atoms with Gasteiger partial charge in [0, 0.05) is 10.9 Å². The van der Waals surface area contributed by atoms with Crippen molar-refractivity contribution in [2.45, 2.75) is 6.61 Å². The number of hydrogen-bond donors (Lipinski definition) is 1. The van der Waals surface area contributed by atoms with Gasteiger partial charge in [-0.1, -0.05) is 6.07 Å². The van der Waals surface area contributed by atoms with Crippen molar-refractivity contribution < 1.29 is 19.6 Å². The number of carboxylic acid groups (broad SMARTS) is 1. The number of ether oxygens (including phenoxy) is 1. The molecule has 0 amide bonds. The molecule has 0 atom stereocenters. The summed E-state index contributed by atoms with van der Waals surface area (Å²) in [6, 6.07) is 7.27. The van der Waals surface area contributed by atoms with Crippen molar-refractivity contribution in [2.75, 3.05) is 0 Å². The van der Waals surface area contributed by atoms with E-state index < -0.39 is 10.9 Å². The van der Waals surface area contributed by atoms with Crippen LogP contribution in [-0.2, 0) is 6.61 Å². The summed E-state index contributed by atoms with van der Waals surface area (Å²) in [5.41, 5.74) is -0.494. The molecule has 1 aromatic carbocycles. The average Bonchev–Trinajstić information content (AvgIpc) is 2.89. The van der Waals surface area contributed by atoms with Gasteiger partial charge in [-0.3, -0.25) is 10.1 Å². The fraction of sp³-hybridized carbons (Fsp3) is 0.0833. The van der Waals surface area contributed by atoms with Crippen LogP contribution in [0, 0.1) is 10.1 Å². The van der Waals surface area contributed by atoms with Crippen LogP contribution in [0.5, 0.6) is 5.75 Å². The first kappa shape index (κ1) is 13.0. The fourth-order valence-electron chi connectivity index (χ4n) is 1.46. The molecule has 0 aliphatic rings. The van der Waals surface area contributed by atoms with Gasteiger partial charge in [0.2, 0.25) is 0 Å². The molecule has 0 spiro atoms. The SMILES string of the molecule is O=C(O)c1ccc(OCc2cccs2)c([N+](=O)[O-])c1. The van der Waals surface area contributed by atoms with Crippen LogP contribution in [0.1, 0.15) is 15.2 Å². The third-order valence-corrected chi connectivity index (χ3v) is 3.20. The number of carboxylic acids is 1. The van der Waals surface area contributed by atoms with Crippen LogP contribution in [-0.4, -0.2) is 16.0 Å².